The van der Waals surface area contributed by atoms with E-state index in [1.807, 2.05) is 4.90 Å². The van der Waals surface area contributed by atoms with E-state index in [2.05, 4.69) is 5.32 Å². The molecule has 1 fully saturated rings. The Hall–Kier alpha value is -1.53. The molecule has 104 valence electrons. The lowest BCUT2D eigenvalue weighted by molar-refractivity contribution is -0.117. The van der Waals surface area contributed by atoms with Crippen molar-refractivity contribution >= 4 is 11.6 Å². The number of carbonyl (C=O) groups excluding carboxylic acids is 1. The highest BCUT2D eigenvalue weighted by Crippen LogP contribution is 2.18. The van der Waals surface area contributed by atoms with Gasteiger partial charge in [-0.05, 0) is 31.5 Å². The first-order valence-corrected chi connectivity index (χ1v) is 6.20. The van der Waals surface area contributed by atoms with E-state index in [1.165, 1.54) is 0 Å². The number of anilines is 1. The number of likely N-dealkylation sites (tertiary alicyclic amines) is 1. The third kappa shape index (κ3) is 3.48. The molecule has 6 heteroatoms. The molecule has 0 saturated carbocycles. The fourth-order valence-electron chi connectivity index (χ4n) is 2.28. The first-order chi connectivity index (χ1) is 9.10. The van der Waals surface area contributed by atoms with Crippen LogP contribution in [-0.4, -0.2) is 41.7 Å². The number of rotatable bonds is 4. The van der Waals surface area contributed by atoms with Crippen LogP contribution < -0.4 is 5.32 Å². The van der Waals surface area contributed by atoms with Crippen LogP contribution in [0.1, 0.15) is 12.8 Å². The maximum atomic E-state index is 13.4. The standard InChI is InChI=1S/C13H16F2N2O2/c14-9-3-4-11(15)12(6-9)16-13(19)7-17-5-1-2-10(17)8-18/h3-4,6,10,18H,1-2,5,7-8H2,(H,16,19). The highest BCUT2D eigenvalue weighted by Gasteiger charge is 2.25. The highest BCUT2D eigenvalue weighted by atomic mass is 19.1. The van der Waals surface area contributed by atoms with Crippen LogP contribution in [0.15, 0.2) is 18.2 Å². The SMILES string of the molecule is O=C(CN1CCCC1CO)Nc1cc(F)ccc1F. The van der Waals surface area contributed by atoms with Gasteiger partial charge in [-0.1, -0.05) is 0 Å². The first-order valence-electron chi connectivity index (χ1n) is 6.20. The molecule has 1 saturated heterocycles. The van der Waals surface area contributed by atoms with Gasteiger partial charge in [-0.3, -0.25) is 9.69 Å². The molecule has 1 aromatic rings. The van der Waals surface area contributed by atoms with Gasteiger partial charge in [0.1, 0.15) is 11.6 Å². The van der Waals surface area contributed by atoms with Crippen molar-refractivity contribution in [3.8, 4) is 0 Å². The zero-order valence-corrected chi connectivity index (χ0v) is 10.4. The van der Waals surface area contributed by atoms with Crippen LogP contribution in [0.4, 0.5) is 14.5 Å². The van der Waals surface area contributed by atoms with Crippen molar-refractivity contribution in [3.63, 3.8) is 0 Å². The summed E-state index contributed by atoms with van der Waals surface area (Å²) in [6.45, 7) is 0.799. The van der Waals surface area contributed by atoms with Gasteiger partial charge in [0.15, 0.2) is 0 Å². The van der Waals surface area contributed by atoms with E-state index in [0.29, 0.717) is 0 Å². The fraction of sp³-hybridized carbons (Fsp3) is 0.462. The van der Waals surface area contributed by atoms with Gasteiger partial charge in [0.2, 0.25) is 5.91 Å². The number of aliphatic hydroxyl groups excluding tert-OH is 1. The van der Waals surface area contributed by atoms with Gasteiger partial charge in [0, 0.05) is 12.1 Å². The molecule has 1 aliphatic heterocycles. The van der Waals surface area contributed by atoms with Crippen LogP contribution >= 0.6 is 0 Å². The maximum Gasteiger partial charge on any atom is 0.238 e. The number of amides is 1. The fourth-order valence-corrected chi connectivity index (χ4v) is 2.28. The summed E-state index contributed by atoms with van der Waals surface area (Å²) in [5.74, 6) is -1.69. The second-order valence-electron chi connectivity index (χ2n) is 4.62. The highest BCUT2D eigenvalue weighted by molar-refractivity contribution is 5.92. The quantitative estimate of drug-likeness (QED) is 0.868. The molecule has 0 radical (unpaired) electrons. The Morgan fingerprint density at radius 2 is 2.26 bits per heavy atom. The van der Waals surface area contributed by atoms with Gasteiger partial charge < -0.3 is 10.4 Å². The Labute approximate surface area is 110 Å². The summed E-state index contributed by atoms with van der Waals surface area (Å²) < 4.78 is 26.3. The summed E-state index contributed by atoms with van der Waals surface area (Å²) in [5, 5.41) is 11.5. The molecule has 0 spiro atoms. The molecule has 1 unspecified atom stereocenters. The molecule has 2 N–H and O–H groups in total. The summed E-state index contributed by atoms with van der Waals surface area (Å²) in [4.78, 5) is 13.6. The van der Waals surface area contributed by atoms with Crippen molar-refractivity contribution in [1.82, 2.24) is 4.90 Å². The summed E-state index contributed by atoms with van der Waals surface area (Å²) >= 11 is 0. The first kappa shape index (κ1) is 13.9. The second kappa shape index (κ2) is 6.08. The van der Waals surface area contributed by atoms with Crippen molar-refractivity contribution in [2.24, 2.45) is 0 Å². The smallest absolute Gasteiger partial charge is 0.238 e. The predicted octanol–water partition coefficient (Wildman–Crippen LogP) is 1.36. The van der Waals surface area contributed by atoms with Gasteiger partial charge in [-0.2, -0.15) is 0 Å². The van der Waals surface area contributed by atoms with Crippen LogP contribution in [0, 0.1) is 11.6 Å². The van der Waals surface area contributed by atoms with Gasteiger partial charge in [-0.15, -0.1) is 0 Å². The summed E-state index contributed by atoms with van der Waals surface area (Å²) in [6.07, 6.45) is 1.77. The van der Waals surface area contributed by atoms with E-state index in [9.17, 15) is 13.6 Å². The average molecular weight is 270 g/mol. The lowest BCUT2D eigenvalue weighted by Crippen LogP contribution is -2.38. The molecular weight excluding hydrogens is 254 g/mol. The van der Waals surface area contributed by atoms with Gasteiger partial charge in [0.25, 0.3) is 0 Å². The largest absolute Gasteiger partial charge is 0.395 e. The lowest BCUT2D eigenvalue weighted by atomic mass is 10.2. The van der Waals surface area contributed by atoms with E-state index in [4.69, 9.17) is 5.11 Å². The van der Waals surface area contributed by atoms with Crippen molar-refractivity contribution in [2.45, 2.75) is 18.9 Å². The minimum Gasteiger partial charge on any atom is -0.395 e. The minimum absolute atomic E-state index is 0.00159. The number of hydrogen-bond acceptors (Lipinski definition) is 3. The zero-order chi connectivity index (χ0) is 13.8. The van der Waals surface area contributed by atoms with E-state index in [1.54, 1.807) is 0 Å². The molecule has 0 aliphatic carbocycles. The maximum absolute atomic E-state index is 13.4. The van der Waals surface area contributed by atoms with Crippen molar-refractivity contribution in [1.29, 1.82) is 0 Å². The van der Waals surface area contributed by atoms with Crippen molar-refractivity contribution in [2.75, 3.05) is 25.0 Å². The molecular formula is C13H16F2N2O2. The van der Waals surface area contributed by atoms with E-state index < -0.39 is 17.5 Å². The van der Waals surface area contributed by atoms with Crippen LogP contribution in [-0.2, 0) is 4.79 Å². The van der Waals surface area contributed by atoms with Crippen molar-refractivity contribution < 1.29 is 18.7 Å². The molecule has 19 heavy (non-hydrogen) atoms. The lowest BCUT2D eigenvalue weighted by Gasteiger charge is -2.21. The number of hydrogen-bond donors (Lipinski definition) is 2. The Morgan fingerprint density at radius 3 is 3.00 bits per heavy atom. The summed E-state index contributed by atoms with van der Waals surface area (Å²) in [6, 6.07) is 2.88. The number of nitrogens with one attached hydrogen (secondary N) is 1. The summed E-state index contributed by atoms with van der Waals surface area (Å²) in [5.41, 5.74) is -0.162. The number of aliphatic hydroxyl groups is 1. The monoisotopic (exact) mass is 270 g/mol. The van der Waals surface area contributed by atoms with E-state index in [-0.39, 0.29) is 24.9 Å². The molecule has 2 rings (SSSR count). The average Bonchev–Trinajstić information content (AvgIpc) is 2.81. The molecule has 0 bridgehead atoms. The number of nitrogens with zero attached hydrogens (tertiary/aromatic N) is 1. The zero-order valence-electron chi connectivity index (χ0n) is 10.4. The van der Waals surface area contributed by atoms with Crippen LogP contribution in [0.5, 0.6) is 0 Å². The Morgan fingerprint density at radius 1 is 1.47 bits per heavy atom. The third-order valence-electron chi connectivity index (χ3n) is 3.26. The molecule has 1 aromatic carbocycles. The van der Waals surface area contributed by atoms with Gasteiger partial charge >= 0.3 is 0 Å². The molecule has 0 aromatic heterocycles. The normalized spacial score (nSPS) is 19.6. The van der Waals surface area contributed by atoms with Crippen LogP contribution in [0.3, 0.4) is 0 Å². The Bertz CT molecular complexity index is 468. The molecule has 1 atom stereocenters. The molecule has 1 amide bonds. The minimum atomic E-state index is -0.671. The predicted molar refractivity (Wildman–Crippen MR) is 66.7 cm³/mol. The van der Waals surface area contributed by atoms with E-state index >= 15 is 0 Å². The molecule has 1 aliphatic rings. The van der Waals surface area contributed by atoms with E-state index in [0.717, 1.165) is 37.6 Å². The number of halogens is 2. The van der Waals surface area contributed by atoms with Crippen molar-refractivity contribution in [3.05, 3.63) is 29.8 Å². The third-order valence-corrected chi connectivity index (χ3v) is 3.26. The van der Waals surface area contributed by atoms with Gasteiger partial charge in [-0.25, -0.2) is 8.78 Å². The number of carbonyl (C=O) groups is 1. The van der Waals surface area contributed by atoms with Crippen LogP contribution in [0.2, 0.25) is 0 Å². The molecule has 1 heterocycles. The van der Waals surface area contributed by atoms with Gasteiger partial charge in [0.05, 0.1) is 18.8 Å². The molecule has 4 nitrogen and oxygen atoms in total. The Kier molecular flexibility index (Phi) is 4.44. The summed E-state index contributed by atoms with van der Waals surface area (Å²) in [7, 11) is 0. The second-order valence-corrected chi connectivity index (χ2v) is 4.62. The topological polar surface area (TPSA) is 52.6 Å². The number of benzene rings is 1. The van der Waals surface area contributed by atoms with Crippen LogP contribution in [0.25, 0.3) is 0 Å². The Balaban J connectivity index is 1.95.